The van der Waals surface area contributed by atoms with E-state index in [2.05, 4.69) is 5.32 Å². The molecule has 110 valence electrons. The molecule has 6 nitrogen and oxygen atoms in total. The lowest BCUT2D eigenvalue weighted by molar-refractivity contribution is -0.144. The minimum atomic E-state index is -1.28. The molecule has 2 unspecified atom stereocenters. The number of aliphatic hydroxyl groups is 1. The SMILES string of the molecule is CC(O)C(NC(=O)CCCOc1ccccc1)C(=O)O. The molecule has 1 rings (SSSR count). The fraction of sp³-hybridized carbons (Fsp3) is 0.429. The third-order valence-corrected chi connectivity index (χ3v) is 2.63. The molecule has 0 bridgehead atoms. The van der Waals surface area contributed by atoms with Crippen molar-refractivity contribution in [3.63, 3.8) is 0 Å². The predicted molar refractivity (Wildman–Crippen MR) is 72.4 cm³/mol. The molecule has 1 aromatic rings. The van der Waals surface area contributed by atoms with E-state index >= 15 is 0 Å². The summed E-state index contributed by atoms with van der Waals surface area (Å²) in [5, 5.41) is 20.3. The number of benzene rings is 1. The molecule has 0 aliphatic rings. The minimum absolute atomic E-state index is 0.142. The molecule has 20 heavy (non-hydrogen) atoms. The van der Waals surface area contributed by atoms with Gasteiger partial charge in [0.15, 0.2) is 6.04 Å². The van der Waals surface area contributed by atoms with Crippen molar-refractivity contribution < 1.29 is 24.5 Å². The Morgan fingerprint density at radius 3 is 2.50 bits per heavy atom. The number of carboxylic acids is 1. The van der Waals surface area contributed by atoms with Gasteiger partial charge < -0.3 is 20.3 Å². The maximum absolute atomic E-state index is 11.5. The van der Waals surface area contributed by atoms with Crippen LogP contribution >= 0.6 is 0 Å². The molecule has 6 heteroatoms. The van der Waals surface area contributed by atoms with Gasteiger partial charge in [0.2, 0.25) is 5.91 Å². The zero-order chi connectivity index (χ0) is 15.0. The molecular formula is C14H19NO5. The maximum Gasteiger partial charge on any atom is 0.328 e. The van der Waals surface area contributed by atoms with E-state index < -0.39 is 24.0 Å². The molecule has 0 saturated heterocycles. The standard InChI is InChI=1S/C14H19NO5/c1-10(16)13(14(18)19)15-12(17)8-5-9-20-11-6-3-2-4-7-11/h2-4,6-7,10,13,16H,5,8-9H2,1H3,(H,15,17)(H,18,19). The second-order valence-electron chi connectivity index (χ2n) is 4.39. The van der Waals surface area contributed by atoms with Crippen LogP contribution < -0.4 is 10.1 Å². The summed E-state index contributed by atoms with van der Waals surface area (Å²) in [4.78, 5) is 22.3. The van der Waals surface area contributed by atoms with Gasteiger partial charge in [-0.25, -0.2) is 4.79 Å². The van der Waals surface area contributed by atoms with Gasteiger partial charge in [0.1, 0.15) is 5.75 Å². The van der Waals surface area contributed by atoms with Crippen LogP contribution in [0.25, 0.3) is 0 Å². The zero-order valence-electron chi connectivity index (χ0n) is 11.3. The molecule has 1 amide bonds. The molecular weight excluding hydrogens is 262 g/mol. The van der Waals surface area contributed by atoms with Crippen molar-refractivity contribution in [2.45, 2.75) is 31.9 Å². The van der Waals surface area contributed by atoms with Crippen LogP contribution in [-0.2, 0) is 9.59 Å². The van der Waals surface area contributed by atoms with Crippen molar-refractivity contribution >= 4 is 11.9 Å². The van der Waals surface area contributed by atoms with Crippen LogP contribution in [0, 0.1) is 0 Å². The normalized spacial score (nSPS) is 13.3. The summed E-state index contributed by atoms with van der Waals surface area (Å²) in [5.74, 6) is -0.954. The monoisotopic (exact) mass is 281 g/mol. The second kappa shape index (κ2) is 8.16. The van der Waals surface area contributed by atoms with Gasteiger partial charge in [-0.15, -0.1) is 0 Å². The number of carboxylic acid groups (broad SMARTS) is 1. The number of rotatable bonds is 8. The average molecular weight is 281 g/mol. The molecule has 1 aromatic carbocycles. The highest BCUT2D eigenvalue weighted by Crippen LogP contribution is 2.08. The number of hydrogen-bond acceptors (Lipinski definition) is 4. The van der Waals surface area contributed by atoms with E-state index in [1.807, 2.05) is 30.3 Å². The quantitative estimate of drug-likeness (QED) is 0.612. The highest BCUT2D eigenvalue weighted by atomic mass is 16.5. The van der Waals surface area contributed by atoms with Crippen LogP contribution in [0.5, 0.6) is 5.75 Å². The Bertz CT molecular complexity index is 432. The average Bonchev–Trinajstić information content (AvgIpc) is 2.41. The first kappa shape index (κ1) is 16.0. The van der Waals surface area contributed by atoms with E-state index in [1.54, 1.807) is 0 Å². The zero-order valence-corrected chi connectivity index (χ0v) is 11.3. The van der Waals surface area contributed by atoms with Crippen molar-refractivity contribution in [2.24, 2.45) is 0 Å². The number of para-hydroxylation sites is 1. The molecule has 0 aromatic heterocycles. The first-order valence-electron chi connectivity index (χ1n) is 6.39. The van der Waals surface area contributed by atoms with Gasteiger partial charge in [-0.2, -0.15) is 0 Å². The molecule has 0 saturated carbocycles. The summed E-state index contributed by atoms with van der Waals surface area (Å²) in [6.45, 7) is 1.68. The van der Waals surface area contributed by atoms with Crippen molar-refractivity contribution in [3.8, 4) is 5.75 Å². The van der Waals surface area contributed by atoms with Crippen LogP contribution in [0.3, 0.4) is 0 Å². The Morgan fingerprint density at radius 1 is 1.30 bits per heavy atom. The van der Waals surface area contributed by atoms with Gasteiger partial charge in [-0.1, -0.05) is 18.2 Å². The number of aliphatic hydroxyl groups excluding tert-OH is 1. The number of ether oxygens (including phenoxy) is 1. The summed E-state index contributed by atoms with van der Waals surface area (Å²) in [6.07, 6.45) is -0.534. The number of nitrogens with one attached hydrogen (secondary N) is 1. The Morgan fingerprint density at radius 2 is 1.95 bits per heavy atom. The van der Waals surface area contributed by atoms with E-state index in [9.17, 15) is 14.7 Å². The number of aliphatic carboxylic acids is 1. The lowest BCUT2D eigenvalue weighted by atomic mass is 10.1. The first-order chi connectivity index (χ1) is 9.50. The first-order valence-corrected chi connectivity index (χ1v) is 6.39. The van der Waals surface area contributed by atoms with Crippen molar-refractivity contribution in [1.29, 1.82) is 0 Å². The Labute approximate surface area is 117 Å². The lowest BCUT2D eigenvalue weighted by Crippen LogP contribution is -2.47. The summed E-state index contributed by atoms with van der Waals surface area (Å²) in [7, 11) is 0. The number of carbonyl (C=O) groups is 2. The lowest BCUT2D eigenvalue weighted by Gasteiger charge is -2.16. The molecule has 0 aliphatic carbocycles. The fourth-order valence-electron chi connectivity index (χ4n) is 1.57. The number of hydrogen-bond donors (Lipinski definition) is 3. The smallest absolute Gasteiger partial charge is 0.328 e. The van der Waals surface area contributed by atoms with Crippen LogP contribution in [0.2, 0.25) is 0 Å². The Balaban J connectivity index is 2.24. The van der Waals surface area contributed by atoms with Gasteiger partial charge in [-0.3, -0.25) is 4.79 Å². The van der Waals surface area contributed by atoms with E-state index in [0.29, 0.717) is 13.0 Å². The van der Waals surface area contributed by atoms with Crippen LogP contribution in [-0.4, -0.2) is 40.8 Å². The van der Waals surface area contributed by atoms with E-state index in [-0.39, 0.29) is 6.42 Å². The van der Waals surface area contributed by atoms with Crippen LogP contribution in [0.4, 0.5) is 0 Å². The molecule has 0 spiro atoms. The molecule has 0 fully saturated rings. The fourth-order valence-corrected chi connectivity index (χ4v) is 1.57. The van der Waals surface area contributed by atoms with Crippen molar-refractivity contribution in [1.82, 2.24) is 5.32 Å². The topological polar surface area (TPSA) is 95.9 Å². The second-order valence-corrected chi connectivity index (χ2v) is 4.39. The molecule has 0 radical (unpaired) electrons. The van der Waals surface area contributed by atoms with E-state index in [0.717, 1.165) is 5.75 Å². The molecule has 0 heterocycles. The summed E-state index contributed by atoms with van der Waals surface area (Å²) < 4.78 is 5.41. The summed E-state index contributed by atoms with van der Waals surface area (Å²) in [5.41, 5.74) is 0. The predicted octanol–water partition coefficient (Wildman–Crippen LogP) is 0.796. The van der Waals surface area contributed by atoms with Crippen LogP contribution in [0.15, 0.2) is 30.3 Å². The van der Waals surface area contributed by atoms with Gasteiger partial charge in [0, 0.05) is 6.42 Å². The Kier molecular flexibility index (Phi) is 6.52. The highest BCUT2D eigenvalue weighted by molar-refractivity contribution is 5.83. The minimum Gasteiger partial charge on any atom is -0.494 e. The highest BCUT2D eigenvalue weighted by Gasteiger charge is 2.24. The molecule has 0 aliphatic heterocycles. The van der Waals surface area contributed by atoms with Crippen molar-refractivity contribution in [2.75, 3.05) is 6.61 Å². The molecule has 3 N–H and O–H groups in total. The third kappa shape index (κ3) is 5.71. The maximum atomic E-state index is 11.5. The van der Waals surface area contributed by atoms with Crippen LogP contribution in [0.1, 0.15) is 19.8 Å². The number of amides is 1. The van der Waals surface area contributed by atoms with E-state index in [1.165, 1.54) is 6.92 Å². The largest absolute Gasteiger partial charge is 0.494 e. The van der Waals surface area contributed by atoms with E-state index in [4.69, 9.17) is 9.84 Å². The van der Waals surface area contributed by atoms with Crippen molar-refractivity contribution in [3.05, 3.63) is 30.3 Å². The molecule has 2 atom stereocenters. The summed E-state index contributed by atoms with van der Waals surface area (Å²) >= 11 is 0. The van der Waals surface area contributed by atoms with Gasteiger partial charge in [0.05, 0.1) is 12.7 Å². The third-order valence-electron chi connectivity index (χ3n) is 2.63. The van der Waals surface area contributed by atoms with Gasteiger partial charge in [0.25, 0.3) is 0 Å². The van der Waals surface area contributed by atoms with Gasteiger partial charge >= 0.3 is 5.97 Å². The van der Waals surface area contributed by atoms with Gasteiger partial charge in [-0.05, 0) is 25.5 Å². The summed E-state index contributed by atoms with van der Waals surface area (Å²) in [6, 6.07) is 7.92. The Hall–Kier alpha value is -2.08. The number of carbonyl (C=O) groups excluding carboxylic acids is 1.